The molecule has 5 rings (SSSR count). The molecule has 3 nitrogen and oxygen atoms in total. The summed E-state index contributed by atoms with van der Waals surface area (Å²) in [7, 11) is 2.08. The lowest BCUT2D eigenvalue weighted by atomic mass is 9.77. The molecule has 0 bridgehead atoms. The van der Waals surface area contributed by atoms with Crippen molar-refractivity contribution in [1.29, 1.82) is 0 Å². The summed E-state index contributed by atoms with van der Waals surface area (Å²) >= 11 is 0. The van der Waals surface area contributed by atoms with Gasteiger partial charge in [-0.25, -0.2) is 0 Å². The summed E-state index contributed by atoms with van der Waals surface area (Å²) in [6, 6.07) is 16.7. The zero-order valence-electron chi connectivity index (χ0n) is 17.1. The Morgan fingerprint density at radius 3 is 2.28 bits per heavy atom. The molecule has 144 valence electrons. The summed E-state index contributed by atoms with van der Waals surface area (Å²) in [6.45, 7) is 12.6. The first-order valence-electron chi connectivity index (χ1n) is 9.87. The van der Waals surface area contributed by atoms with Crippen molar-refractivity contribution in [1.82, 2.24) is 0 Å². The van der Waals surface area contributed by atoms with Crippen molar-refractivity contribution in [2.75, 3.05) is 11.9 Å². The van der Waals surface area contributed by atoms with Crippen LogP contribution in [-0.4, -0.2) is 19.0 Å². The van der Waals surface area contributed by atoms with Crippen LogP contribution in [0.3, 0.4) is 0 Å². The van der Waals surface area contributed by atoms with Crippen molar-refractivity contribution in [3.8, 4) is 5.75 Å². The molecule has 29 heavy (non-hydrogen) atoms. The summed E-state index contributed by atoms with van der Waals surface area (Å²) in [4.78, 5) is 7.19. The van der Waals surface area contributed by atoms with E-state index in [0.717, 1.165) is 39.0 Å². The maximum absolute atomic E-state index is 6.92. The highest BCUT2D eigenvalue weighted by Gasteiger charge is 2.58. The van der Waals surface area contributed by atoms with Gasteiger partial charge in [0.05, 0.1) is 11.6 Å². The van der Waals surface area contributed by atoms with Crippen LogP contribution < -0.4 is 9.64 Å². The fourth-order valence-corrected chi connectivity index (χ4v) is 4.96. The number of nitrogens with zero attached hydrogens (tertiary/aromatic N) is 2. The number of aliphatic imine (C=N–C) groups is 1. The molecule has 3 aromatic carbocycles. The first-order valence-corrected chi connectivity index (χ1v) is 9.87. The third-order valence-electron chi connectivity index (χ3n) is 6.59. The average Bonchev–Trinajstić information content (AvgIpc) is 2.91. The Bertz CT molecular complexity index is 1220. The van der Waals surface area contributed by atoms with E-state index in [4.69, 9.17) is 9.73 Å². The third-order valence-corrected chi connectivity index (χ3v) is 6.59. The van der Waals surface area contributed by atoms with Gasteiger partial charge in [0.15, 0.2) is 5.75 Å². The molecule has 2 heterocycles. The molecule has 2 aliphatic heterocycles. The Labute approximate surface area is 171 Å². The fraction of sp³-hybridized carbons (Fsp3) is 0.192. The molecule has 0 saturated carbocycles. The van der Waals surface area contributed by atoms with E-state index in [1.165, 1.54) is 5.56 Å². The van der Waals surface area contributed by atoms with E-state index in [1.807, 2.05) is 30.5 Å². The third kappa shape index (κ3) is 2.05. The molecule has 0 N–H and O–H groups in total. The van der Waals surface area contributed by atoms with Crippen LogP contribution in [0.25, 0.3) is 22.9 Å². The first kappa shape index (κ1) is 17.7. The van der Waals surface area contributed by atoms with Crippen LogP contribution in [0.5, 0.6) is 5.75 Å². The summed E-state index contributed by atoms with van der Waals surface area (Å²) in [5, 5.41) is 2.17. The van der Waals surface area contributed by atoms with Crippen molar-refractivity contribution in [3.63, 3.8) is 0 Å². The van der Waals surface area contributed by atoms with Gasteiger partial charge in [0.25, 0.3) is 0 Å². The molecule has 1 atom stereocenters. The van der Waals surface area contributed by atoms with E-state index >= 15 is 0 Å². The highest BCUT2D eigenvalue weighted by molar-refractivity contribution is 6.06. The largest absolute Gasteiger partial charge is 0.459 e. The quantitative estimate of drug-likeness (QED) is 0.518. The van der Waals surface area contributed by atoms with Gasteiger partial charge in [0, 0.05) is 23.7 Å². The number of hydrogen-bond acceptors (Lipinski definition) is 3. The van der Waals surface area contributed by atoms with Crippen LogP contribution in [0, 0.1) is 0 Å². The van der Waals surface area contributed by atoms with Gasteiger partial charge in [0.1, 0.15) is 5.69 Å². The average molecular weight is 380 g/mol. The second-order valence-electron chi connectivity index (χ2n) is 8.22. The molecule has 0 aromatic heterocycles. The Hall–Kier alpha value is -3.33. The molecule has 2 aliphatic rings. The highest BCUT2D eigenvalue weighted by Crippen LogP contribution is 2.55. The maximum atomic E-state index is 6.92. The summed E-state index contributed by atoms with van der Waals surface area (Å²) in [5.74, 6) is 0.767. The summed E-state index contributed by atoms with van der Waals surface area (Å²) in [6.07, 6.45) is 5.71. The molecule has 0 radical (unpaired) electrons. The molecule has 3 aromatic rings. The van der Waals surface area contributed by atoms with E-state index in [-0.39, 0.29) is 5.41 Å². The number of ether oxygens (including phenoxy) is 1. The van der Waals surface area contributed by atoms with Crippen molar-refractivity contribution in [3.05, 3.63) is 78.4 Å². The lowest BCUT2D eigenvalue weighted by Crippen LogP contribution is -2.61. The van der Waals surface area contributed by atoms with E-state index in [9.17, 15) is 0 Å². The summed E-state index contributed by atoms with van der Waals surface area (Å²) < 4.78 is 6.92. The van der Waals surface area contributed by atoms with E-state index in [2.05, 4.69) is 75.4 Å². The van der Waals surface area contributed by atoms with Crippen LogP contribution in [0.15, 0.2) is 66.7 Å². The summed E-state index contributed by atoms with van der Waals surface area (Å²) in [5.41, 5.74) is 4.22. The number of rotatable bonds is 2. The Balaban J connectivity index is 1.82. The van der Waals surface area contributed by atoms with Gasteiger partial charge in [-0.2, -0.15) is 0 Å². The van der Waals surface area contributed by atoms with Crippen LogP contribution in [-0.2, 0) is 5.41 Å². The second-order valence-corrected chi connectivity index (χ2v) is 8.22. The predicted molar refractivity (Wildman–Crippen MR) is 124 cm³/mol. The fourth-order valence-electron chi connectivity index (χ4n) is 4.96. The van der Waals surface area contributed by atoms with Crippen LogP contribution >= 0.6 is 0 Å². The Kier molecular flexibility index (Phi) is 3.57. The molecular weight excluding hydrogens is 356 g/mol. The first-order chi connectivity index (χ1) is 14.0. The second kappa shape index (κ2) is 5.84. The minimum atomic E-state index is -0.720. The minimum Gasteiger partial charge on any atom is -0.459 e. The number of benzene rings is 3. The Morgan fingerprint density at radius 1 is 0.931 bits per heavy atom. The molecular formula is C26H24N2O. The van der Waals surface area contributed by atoms with Crippen LogP contribution in [0.2, 0.25) is 0 Å². The minimum absolute atomic E-state index is 0.294. The molecule has 0 aliphatic carbocycles. The normalized spacial score (nSPS) is 21.0. The van der Waals surface area contributed by atoms with Crippen molar-refractivity contribution >= 4 is 40.5 Å². The lowest BCUT2D eigenvalue weighted by molar-refractivity contribution is 0.0824. The topological polar surface area (TPSA) is 24.8 Å². The molecule has 1 spiro atoms. The van der Waals surface area contributed by atoms with Crippen LogP contribution in [0.4, 0.5) is 11.4 Å². The standard InChI is InChI=1S/C26H24N2O/c1-6-17-18(7-2)24-23(20-13-9-8-12-19(17)20)27-16-26(29-24)25(3,4)21-14-10-11-15-22(21)28(26)5/h6-16H,1-2H2,3-5H3. The molecule has 0 saturated heterocycles. The van der Waals surface area contributed by atoms with E-state index in [1.54, 1.807) is 0 Å². The van der Waals surface area contributed by atoms with Gasteiger partial charge in [-0.05, 0) is 36.4 Å². The van der Waals surface area contributed by atoms with Gasteiger partial charge >= 0.3 is 0 Å². The number of anilines is 1. The van der Waals surface area contributed by atoms with Gasteiger partial charge < -0.3 is 9.64 Å². The highest BCUT2D eigenvalue weighted by atomic mass is 16.5. The number of likely N-dealkylation sites (N-methyl/N-ethyl adjacent to an activating group) is 1. The monoisotopic (exact) mass is 380 g/mol. The van der Waals surface area contributed by atoms with Crippen molar-refractivity contribution in [2.45, 2.75) is 25.0 Å². The van der Waals surface area contributed by atoms with E-state index in [0.29, 0.717) is 0 Å². The van der Waals surface area contributed by atoms with Gasteiger partial charge in [0.2, 0.25) is 5.72 Å². The number of fused-ring (bicyclic) bond motifs is 4. The van der Waals surface area contributed by atoms with Crippen molar-refractivity contribution in [2.24, 2.45) is 4.99 Å². The van der Waals surface area contributed by atoms with Gasteiger partial charge in [-0.3, -0.25) is 4.99 Å². The molecule has 1 unspecified atom stereocenters. The predicted octanol–water partition coefficient (Wildman–Crippen LogP) is 6.34. The number of hydrogen-bond donors (Lipinski definition) is 0. The molecule has 0 amide bonds. The van der Waals surface area contributed by atoms with Gasteiger partial charge in [-0.1, -0.05) is 67.8 Å². The van der Waals surface area contributed by atoms with Crippen molar-refractivity contribution < 1.29 is 4.74 Å². The molecule has 0 fully saturated rings. The van der Waals surface area contributed by atoms with Crippen LogP contribution in [0.1, 0.15) is 30.5 Å². The Morgan fingerprint density at radius 2 is 1.59 bits per heavy atom. The number of para-hydroxylation sites is 1. The van der Waals surface area contributed by atoms with Gasteiger partial charge in [-0.15, -0.1) is 0 Å². The van der Waals surface area contributed by atoms with E-state index < -0.39 is 5.72 Å². The molecule has 3 heteroatoms. The maximum Gasteiger partial charge on any atom is 0.228 e. The zero-order valence-corrected chi connectivity index (χ0v) is 17.1. The smallest absolute Gasteiger partial charge is 0.228 e. The zero-order chi connectivity index (χ0) is 20.4. The lowest BCUT2D eigenvalue weighted by Gasteiger charge is -2.45. The SMILES string of the molecule is C=Cc1c2c(c3ccccc3c1C=C)N=CC1(O2)N(C)c2ccccc2C1(C)C.